The molecule has 0 aliphatic carbocycles. The predicted octanol–water partition coefficient (Wildman–Crippen LogP) is 3.53. The van der Waals surface area contributed by atoms with Gasteiger partial charge in [0.2, 0.25) is 0 Å². The summed E-state index contributed by atoms with van der Waals surface area (Å²) in [5.41, 5.74) is -0.00788. The van der Waals surface area contributed by atoms with Gasteiger partial charge in [-0.3, -0.25) is 0 Å². The summed E-state index contributed by atoms with van der Waals surface area (Å²) in [6, 6.07) is 7.41. The molecule has 1 saturated heterocycles. The van der Waals surface area contributed by atoms with E-state index in [-0.39, 0.29) is 11.0 Å². The van der Waals surface area contributed by atoms with Crippen molar-refractivity contribution in [3.8, 4) is 5.75 Å². The summed E-state index contributed by atoms with van der Waals surface area (Å²) in [4.78, 5) is 0. The minimum Gasteiger partial charge on any atom is -0.490 e. The summed E-state index contributed by atoms with van der Waals surface area (Å²) < 4.78 is 11.3. The molecular weight excluding hydrogens is 224 g/mol. The lowest BCUT2D eigenvalue weighted by Crippen LogP contribution is -2.36. The van der Waals surface area contributed by atoms with Gasteiger partial charge >= 0.3 is 0 Å². The number of epoxide rings is 1. The zero-order chi connectivity index (χ0) is 11.8. The van der Waals surface area contributed by atoms with Crippen LogP contribution in [0.2, 0.25) is 5.02 Å². The van der Waals surface area contributed by atoms with E-state index in [1.807, 2.05) is 24.3 Å². The minimum absolute atomic E-state index is 0.111. The zero-order valence-electron chi connectivity index (χ0n) is 9.92. The second-order valence-corrected chi connectivity index (χ2v) is 5.71. The molecule has 0 radical (unpaired) electrons. The van der Waals surface area contributed by atoms with Crippen molar-refractivity contribution in [1.29, 1.82) is 0 Å². The summed E-state index contributed by atoms with van der Waals surface area (Å²) >= 11 is 5.81. The van der Waals surface area contributed by atoms with Gasteiger partial charge in [0.15, 0.2) is 0 Å². The maximum Gasteiger partial charge on any atom is 0.130 e. The van der Waals surface area contributed by atoms with Crippen LogP contribution in [0.4, 0.5) is 0 Å². The summed E-state index contributed by atoms with van der Waals surface area (Å²) in [7, 11) is 0. The van der Waals surface area contributed by atoms with Crippen LogP contribution >= 0.6 is 11.6 Å². The lowest BCUT2D eigenvalue weighted by Gasteiger charge is -2.27. The van der Waals surface area contributed by atoms with Gasteiger partial charge in [0.25, 0.3) is 0 Å². The second-order valence-electron chi connectivity index (χ2n) is 5.28. The van der Waals surface area contributed by atoms with Crippen molar-refractivity contribution in [2.45, 2.75) is 26.4 Å². The molecule has 0 amide bonds. The van der Waals surface area contributed by atoms with Crippen molar-refractivity contribution in [1.82, 2.24) is 0 Å². The maximum absolute atomic E-state index is 5.81. The molecule has 0 saturated carbocycles. The Labute approximate surface area is 102 Å². The van der Waals surface area contributed by atoms with E-state index in [1.165, 1.54) is 0 Å². The number of ether oxygens (including phenoxy) is 2. The van der Waals surface area contributed by atoms with E-state index in [4.69, 9.17) is 21.1 Å². The highest BCUT2D eigenvalue weighted by Crippen LogP contribution is 2.44. The first-order chi connectivity index (χ1) is 7.43. The molecule has 1 fully saturated rings. The summed E-state index contributed by atoms with van der Waals surface area (Å²) in [6.45, 7) is 7.89. The van der Waals surface area contributed by atoms with Crippen LogP contribution in [-0.2, 0) is 4.74 Å². The standard InChI is InChI=1S/C13H17ClO2/c1-12(2,3)13(9-16-13)8-15-11-6-4-10(14)5-7-11/h4-7H,8-9H2,1-3H3. The van der Waals surface area contributed by atoms with Crippen molar-refractivity contribution < 1.29 is 9.47 Å². The van der Waals surface area contributed by atoms with Crippen LogP contribution in [0, 0.1) is 5.41 Å². The molecule has 88 valence electrons. The van der Waals surface area contributed by atoms with E-state index in [0.717, 1.165) is 17.4 Å². The topological polar surface area (TPSA) is 21.8 Å². The number of hydrogen-bond acceptors (Lipinski definition) is 2. The highest BCUT2D eigenvalue weighted by atomic mass is 35.5. The lowest BCUT2D eigenvalue weighted by atomic mass is 9.81. The van der Waals surface area contributed by atoms with Gasteiger partial charge in [0, 0.05) is 5.02 Å². The smallest absolute Gasteiger partial charge is 0.130 e. The Morgan fingerprint density at radius 3 is 2.31 bits per heavy atom. The van der Waals surface area contributed by atoms with Crippen molar-refractivity contribution >= 4 is 11.6 Å². The predicted molar refractivity (Wildman–Crippen MR) is 65.1 cm³/mol. The van der Waals surface area contributed by atoms with Crippen LogP contribution in [0.15, 0.2) is 24.3 Å². The molecule has 3 heteroatoms. The largest absolute Gasteiger partial charge is 0.490 e. The summed E-state index contributed by atoms with van der Waals surface area (Å²) in [5.74, 6) is 0.837. The highest BCUT2D eigenvalue weighted by molar-refractivity contribution is 6.30. The van der Waals surface area contributed by atoms with E-state index in [0.29, 0.717) is 6.61 Å². The minimum atomic E-state index is -0.118. The first-order valence-corrected chi connectivity index (χ1v) is 5.83. The molecule has 0 spiro atoms. The molecule has 1 aliphatic heterocycles. The Morgan fingerprint density at radius 2 is 1.88 bits per heavy atom. The number of benzene rings is 1. The van der Waals surface area contributed by atoms with Gasteiger partial charge in [-0.1, -0.05) is 32.4 Å². The molecule has 1 aliphatic rings. The molecule has 2 rings (SSSR count). The third-order valence-electron chi connectivity index (χ3n) is 3.15. The average Bonchev–Trinajstić information content (AvgIpc) is 2.97. The SMILES string of the molecule is CC(C)(C)C1(COc2ccc(Cl)cc2)CO1. The molecule has 16 heavy (non-hydrogen) atoms. The van der Waals surface area contributed by atoms with E-state index in [2.05, 4.69) is 20.8 Å². The van der Waals surface area contributed by atoms with E-state index in [9.17, 15) is 0 Å². The molecule has 0 aromatic heterocycles. The van der Waals surface area contributed by atoms with E-state index in [1.54, 1.807) is 0 Å². The summed E-state index contributed by atoms with van der Waals surface area (Å²) in [6.07, 6.45) is 0. The van der Waals surface area contributed by atoms with Crippen molar-refractivity contribution in [3.63, 3.8) is 0 Å². The quantitative estimate of drug-likeness (QED) is 0.754. The molecule has 0 bridgehead atoms. The Morgan fingerprint density at radius 1 is 1.31 bits per heavy atom. The van der Waals surface area contributed by atoms with E-state index >= 15 is 0 Å². The van der Waals surface area contributed by atoms with Crippen molar-refractivity contribution in [2.75, 3.05) is 13.2 Å². The summed E-state index contributed by atoms with van der Waals surface area (Å²) in [5, 5.41) is 0.723. The van der Waals surface area contributed by atoms with Gasteiger partial charge in [-0.25, -0.2) is 0 Å². The number of hydrogen-bond donors (Lipinski definition) is 0. The second kappa shape index (κ2) is 3.94. The fourth-order valence-electron chi connectivity index (χ4n) is 1.55. The van der Waals surface area contributed by atoms with Gasteiger partial charge in [0.1, 0.15) is 18.0 Å². The van der Waals surface area contributed by atoms with Gasteiger partial charge in [-0.2, -0.15) is 0 Å². The molecule has 1 aromatic carbocycles. The molecule has 1 aromatic rings. The normalized spacial score (nSPS) is 24.2. The number of halogens is 1. The highest BCUT2D eigenvalue weighted by Gasteiger charge is 2.55. The van der Waals surface area contributed by atoms with E-state index < -0.39 is 0 Å². The van der Waals surface area contributed by atoms with Crippen LogP contribution in [0.5, 0.6) is 5.75 Å². The monoisotopic (exact) mass is 240 g/mol. The lowest BCUT2D eigenvalue weighted by molar-refractivity contribution is 0.0935. The van der Waals surface area contributed by atoms with Gasteiger partial charge in [0.05, 0.1) is 6.61 Å². The Kier molecular flexibility index (Phi) is 2.89. The molecule has 1 heterocycles. The molecule has 1 unspecified atom stereocenters. The van der Waals surface area contributed by atoms with Crippen LogP contribution < -0.4 is 4.74 Å². The Bertz CT molecular complexity index is 361. The Balaban J connectivity index is 1.96. The maximum atomic E-state index is 5.81. The molecule has 2 nitrogen and oxygen atoms in total. The first-order valence-electron chi connectivity index (χ1n) is 5.45. The van der Waals surface area contributed by atoms with Gasteiger partial charge in [-0.05, 0) is 29.7 Å². The molecular formula is C13H17ClO2. The third kappa shape index (κ3) is 2.33. The first kappa shape index (κ1) is 11.7. The third-order valence-corrected chi connectivity index (χ3v) is 3.40. The van der Waals surface area contributed by atoms with Crippen molar-refractivity contribution in [2.24, 2.45) is 5.41 Å². The zero-order valence-corrected chi connectivity index (χ0v) is 10.7. The van der Waals surface area contributed by atoms with Crippen LogP contribution in [0.1, 0.15) is 20.8 Å². The fourth-order valence-corrected chi connectivity index (χ4v) is 1.68. The molecule has 1 atom stereocenters. The van der Waals surface area contributed by atoms with Crippen LogP contribution in [-0.4, -0.2) is 18.8 Å². The van der Waals surface area contributed by atoms with Crippen LogP contribution in [0.25, 0.3) is 0 Å². The average molecular weight is 241 g/mol. The van der Waals surface area contributed by atoms with Crippen molar-refractivity contribution in [3.05, 3.63) is 29.3 Å². The fraction of sp³-hybridized carbons (Fsp3) is 0.538. The molecule has 0 N–H and O–H groups in total. The van der Waals surface area contributed by atoms with Gasteiger partial charge in [-0.15, -0.1) is 0 Å². The van der Waals surface area contributed by atoms with Gasteiger partial charge < -0.3 is 9.47 Å². The Hall–Kier alpha value is -0.730. The van der Waals surface area contributed by atoms with Crippen LogP contribution in [0.3, 0.4) is 0 Å². The number of rotatable bonds is 3.